The summed E-state index contributed by atoms with van der Waals surface area (Å²) in [4.78, 5) is 14.6. The van der Waals surface area contributed by atoms with E-state index in [4.69, 9.17) is 21.1 Å². The van der Waals surface area contributed by atoms with E-state index in [0.717, 1.165) is 12.0 Å². The van der Waals surface area contributed by atoms with Crippen LogP contribution in [-0.4, -0.2) is 52.1 Å². The smallest absolute Gasteiger partial charge is 0.246 e. The molecule has 3 rings (SSSR count). The minimum absolute atomic E-state index is 0.138. The van der Waals surface area contributed by atoms with Crippen molar-refractivity contribution in [1.29, 1.82) is 0 Å². The number of nitrogens with zero attached hydrogens (tertiary/aromatic N) is 1. The fraction of sp³-hybridized carbons (Fsp3) is 0.375. The topological polar surface area (TPSA) is 84.9 Å². The lowest BCUT2D eigenvalue weighted by Crippen LogP contribution is -2.46. The summed E-state index contributed by atoms with van der Waals surface area (Å²) in [5.74, 6) is 0.861. The van der Waals surface area contributed by atoms with Gasteiger partial charge in [0.25, 0.3) is 0 Å². The van der Waals surface area contributed by atoms with Crippen LogP contribution >= 0.6 is 11.6 Å². The molecule has 1 N–H and O–H groups in total. The summed E-state index contributed by atoms with van der Waals surface area (Å²) >= 11 is 6.34. The predicted octanol–water partition coefficient (Wildman–Crippen LogP) is 4.12. The van der Waals surface area contributed by atoms with Crippen LogP contribution in [0.25, 0.3) is 6.08 Å². The molecule has 7 nitrogen and oxygen atoms in total. The largest absolute Gasteiger partial charge is 0.493 e. The summed E-state index contributed by atoms with van der Waals surface area (Å²) in [7, 11) is -2.03. The molecule has 0 radical (unpaired) electrons. The molecule has 1 heterocycles. The van der Waals surface area contributed by atoms with Crippen molar-refractivity contribution in [2.24, 2.45) is 0 Å². The summed E-state index contributed by atoms with van der Waals surface area (Å²) in [6.45, 7) is 3.48. The molecule has 0 aliphatic carbocycles. The highest BCUT2D eigenvalue weighted by atomic mass is 35.5. The first kappa shape index (κ1) is 25.1. The molecule has 0 saturated carbocycles. The quantitative estimate of drug-likeness (QED) is 0.532. The highest BCUT2D eigenvalue weighted by Gasteiger charge is 2.26. The number of carbonyl (C=O) groups excluding carboxylic acids is 1. The number of hydrogen-bond acceptors (Lipinski definition) is 5. The number of halogens is 1. The SMILES string of the molecule is CCCOc1c(Cl)cc(/C=C/C(=O)N2CCC(NS(=O)(=O)c3ccccc3)CC2)cc1OC. The number of sulfonamides is 1. The third kappa shape index (κ3) is 6.72. The van der Waals surface area contributed by atoms with Gasteiger partial charge < -0.3 is 14.4 Å². The molecule has 2 aromatic carbocycles. The predicted molar refractivity (Wildman–Crippen MR) is 129 cm³/mol. The summed E-state index contributed by atoms with van der Waals surface area (Å²) < 4.78 is 38.8. The van der Waals surface area contributed by atoms with Gasteiger partial charge in [-0.3, -0.25) is 4.79 Å². The van der Waals surface area contributed by atoms with Gasteiger partial charge in [-0.1, -0.05) is 36.7 Å². The van der Waals surface area contributed by atoms with E-state index in [2.05, 4.69) is 4.72 Å². The maximum absolute atomic E-state index is 12.6. The van der Waals surface area contributed by atoms with E-state index in [1.54, 1.807) is 60.6 Å². The number of piperidine rings is 1. The Bertz CT molecular complexity index is 1080. The molecule has 1 aliphatic heterocycles. The van der Waals surface area contributed by atoms with E-state index >= 15 is 0 Å². The lowest BCUT2D eigenvalue weighted by atomic mass is 10.1. The number of carbonyl (C=O) groups is 1. The standard InChI is InChI=1S/C24H29ClN2O5S/c1-3-15-32-24-21(25)16-18(17-22(24)31-2)9-10-23(28)27-13-11-19(12-14-27)26-33(29,30)20-7-5-4-6-8-20/h4-10,16-17,19,26H,3,11-15H2,1-2H3/b10-9+. The van der Waals surface area contributed by atoms with Gasteiger partial charge in [0.05, 0.1) is 23.6 Å². The Balaban J connectivity index is 1.57. The second-order valence-electron chi connectivity index (χ2n) is 7.75. The van der Waals surface area contributed by atoms with Crippen LogP contribution in [0.3, 0.4) is 0 Å². The Morgan fingerprint density at radius 1 is 1.21 bits per heavy atom. The highest BCUT2D eigenvalue weighted by Crippen LogP contribution is 2.37. The molecular formula is C24H29ClN2O5S. The molecular weight excluding hydrogens is 464 g/mol. The van der Waals surface area contributed by atoms with E-state index in [9.17, 15) is 13.2 Å². The Kier molecular flexibility index (Phi) is 8.77. The van der Waals surface area contributed by atoms with Crippen molar-refractivity contribution in [3.05, 3.63) is 59.1 Å². The van der Waals surface area contributed by atoms with Crippen LogP contribution in [-0.2, 0) is 14.8 Å². The lowest BCUT2D eigenvalue weighted by Gasteiger charge is -2.31. The molecule has 0 aromatic heterocycles. The van der Waals surface area contributed by atoms with E-state index in [1.807, 2.05) is 6.92 Å². The number of hydrogen-bond donors (Lipinski definition) is 1. The van der Waals surface area contributed by atoms with Gasteiger partial charge in [0.15, 0.2) is 11.5 Å². The number of methoxy groups -OCH3 is 1. The maximum Gasteiger partial charge on any atom is 0.246 e. The van der Waals surface area contributed by atoms with Gasteiger partial charge in [-0.05, 0) is 55.2 Å². The second-order valence-corrected chi connectivity index (χ2v) is 9.87. The first-order chi connectivity index (χ1) is 15.8. The first-order valence-electron chi connectivity index (χ1n) is 10.9. The van der Waals surface area contributed by atoms with Crippen LogP contribution in [0.1, 0.15) is 31.7 Å². The Morgan fingerprint density at radius 3 is 2.55 bits per heavy atom. The van der Waals surface area contributed by atoms with Crippen molar-refractivity contribution in [1.82, 2.24) is 9.62 Å². The summed E-state index contributed by atoms with van der Waals surface area (Å²) in [5, 5.41) is 0.418. The number of benzene rings is 2. The molecule has 178 valence electrons. The van der Waals surface area contributed by atoms with E-state index in [-0.39, 0.29) is 16.8 Å². The van der Waals surface area contributed by atoms with E-state index in [1.165, 1.54) is 6.08 Å². The molecule has 33 heavy (non-hydrogen) atoms. The number of ether oxygens (including phenoxy) is 2. The molecule has 9 heteroatoms. The third-order valence-electron chi connectivity index (χ3n) is 5.30. The number of nitrogens with one attached hydrogen (secondary N) is 1. The Hall–Kier alpha value is -2.55. The minimum atomic E-state index is -3.57. The van der Waals surface area contributed by atoms with E-state index in [0.29, 0.717) is 49.1 Å². The Morgan fingerprint density at radius 2 is 1.91 bits per heavy atom. The average Bonchev–Trinajstić information content (AvgIpc) is 2.82. The lowest BCUT2D eigenvalue weighted by molar-refractivity contribution is -0.126. The molecule has 1 amide bonds. The van der Waals surface area contributed by atoms with Crippen LogP contribution in [0.4, 0.5) is 0 Å². The van der Waals surface area contributed by atoms with Gasteiger partial charge in [0, 0.05) is 25.2 Å². The zero-order chi connectivity index (χ0) is 23.8. The monoisotopic (exact) mass is 492 g/mol. The minimum Gasteiger partial charge on any atom is -0.493 e. The molecule has 0 unspecified atom stereocenters. The fourth-order valence-corrected chi connectivity index (χ4v) is 5.16. The van der Waals surface area contributed by atoms with Crippen molar-refractivity contribution in [2.45, 2.75) is 37.1 Å². The summed E-state index contributed by atoms with van der Waals surface area (Å²) in [5.41, 5.74) is 0.722. The Labute approximate surface area is 200 Å². The van der Waals surface area contributed by atoms with Gasteiger partial charge in [-0.15, -0.1) is 0 Å². The molecule has 1 saturated heterocycles. The zero-order valence-corrected chi connectivity index (χ0v) is 20.4. The summed E-state index contributed by atoms with van der Waals surface area (Å²) in [6, 6.07) is 11.6. The van der Waals surface area contributed by atoms with Gasteiger partial charge in [-0.2, -0.15) is 0 Å². The number of amides is 1. The molecule has 2 aromatic rings. The van der Waals surface area contributed by atoms with Gasteiger partial charge in [-0.25, -0.2) is 13.1 Å². The zero-order valence-electron chi connectivity index (χ0n) is 18.8. The van der Waals surface area contributed by atoms with Crippen molar-refractivity contribution in [3.8, 4) is 11.5 Å². The number of rotatable bonds is 9. The van der Waals surface area contributed by atoms with Gasteiger partial charge in [0.2, 0.25) is 15.9 Å². The van der Waals surface area contributed by atoms with Gasteiger partial charge in [0.1, 0.15) is 0 Å². The normalized spacial score (nSPS) is 15.1. The molecule has 0 atom stereocenters. The van der Waals surface area contributed by atoms with Crippen LogP contribution in [0, 0.1) is 0 Å². The van der Waals surface area contributed by atoms with Gasteiger partial charge >= 0.3 is 0 Å². The molecule has 1 aliphatic rings. The van der Waals surface area contributed by atoms with Crippen molar-refractivity contribution in [2.75, 3.05) is 26.8 Å². The second kappa shape index (κ2) is 11.5. The van der Waals surface area contributed by atoms with E-state index < -0.39 is 10.0 Å². The van der Waals surface area contributed by atoms with Crippen LogP contribution in [0.2, 0.25) is 5.02 Å². The van der Waals surface area contributed by atoms with Crippen LogP contribution in [0.15, 0.2) is 53.4 Å². The average molecular weight is 493 g/mol. The fourth-order valence-electron chi connectivity index (χ4n) is 3.56. The van der Waals surface area contributed by atoms with Crippen LogP contribution < -0.4 is 14.2 Å². The molecule has 0 spiro atoms. The van der Waals surface area contributed by atoms with Crippen LogP contribution in [0.5, 0.6) is 11.5 Å². The maximum atomic E-state index is 12.6. The third-order valence-corrected chi connectivity index (χ3v) is 7.12. The number of likely N-dealkylation sites (tertiary alicyclic amines) is 1. The summed E-state index contributed by atoms with van der Waals surface area (Å²) in [6.07, 6.45) is 5.13. The molecule has 0 bridgehead atoms. The van der Waals surface area contributed by atoms with Crippen molar-refractivity contribution >= 4 is 33.6 Å². The highest BCUT2D eigenvalue weighted by molar-refractivity contribution is 7.89. The first-order valence-corrected chi connectivity index (χ1v) is 12.7. The molecule has 1 fully saturated rings. The van der Waals surface area contributed by atoms with Crippen molar-refractivity contribution < 1.29 is 22.7 Å². The van der Waals surface area contributed by atoms with Crippen molar-refractivity contribution in [3.63, 3.8) is 0 Å².